The fraction of sp³-hybridized carbons (Fsp3) is 0.292. The molecule has 1 aromatic rings. The van der Waals surface area contributed by atoms with Gasteiger partial charge in [0, 0.05) is 11.1 Å². The number of carboxylic acid groups (broad SMARTS) is 3. The molecule has 0 saturated carbocycles. The van der Waals surface area contributed by atoms with Crippen LogP contribution in [0.2, 0.25) is 0 Å². The molecule has 3 N–H and O–H groups in total. The van der Waals surface area contributed by atoms with Crippen LogP contribution in [0.4, 0.5) is 0 Å². The van der Waals surface area contributed by atoms with Crippen molar-refractivity contribution in [2.24, 2.45) is 0 Å². The fourth-order valence-electron chi connectivity index (χ4n) is 2.79. The van der Waals surface area contributed by atoms with Crippen molar-refractivity contribution in [3.63, 3.8) is 0 Å². The molecule has 6 nitrogen and oxygen atoms in total. The summed E-state index contributed by atoms with van der Waals surface area (Å²) in [7, 11) is 0. The first-order chi connectivity index (χ1) is 14.2. The van der Waals surface area contributed by atoms with Crippen LogP contribution < -0.4 is 0 Å². The predicted octanol–water partition coefficient (Wildman–Crippen LogP) is 5.09. The van der Waals surface area contributed by atoms with Gasteiger partial charge in [-0.25, -0.2) is 14.4 Å². The Hall–Kier alpha value is -3.41. The van der Waals surface area contributed by atoms with Gasteiger partial charge in [-0.2, -0.15) is 0 Å². The van der Waals surface area contributed by atoms with Crippen molar-refractivity contribution >= 4 is 24.0 Å². The van der Waals surface area contributed by atoms with Gasteiger partial charge >= 0.3 is 17.9 Å². The van der Waals surface area contributed by atoms with Crippen LogP contribution in [0.1, 0.15) is 52.0 Å². The highest BCUT2D eigenvalue weighted by Gasteiger charge is 2.18. The lowest BCUT2D eigenvalue weighted by Crippen LogP contribution is -2.08. The van der Waals surface area contributed by atoms with Crippen molar-refractivity contribution < 1.29 is 29.7 Å². The minimum Gasteiger partial charge on any atom is -0.478 e. The Kier molecular flexibility index (Phi) is 10.0. The van der Waals surface area contributed by atoms with Crippen LogP contribution in [0.15, 0.2) is 70.3 Å². The van der Waals surface area contributed by atoms with Gasteiger partial charge in [0.15, 0.2) is 0 Å². The zero-order valence-electron chi connectivity index (χ0n) is 17.5. The smallest absolute Gasteiger partial charge is 0.335 e. The van der Waals surface area contributed by atoms with E-state index in [1.54, 1.807) is 13.0 Å². The summed E-state index contributed by atoms with van der Waals surface area (Å²) in [5.74, 6) is -3.56. The van der Waals surface area contributed by atoms with Crippen LogP contribution in [-0.2, 0) is 14.4 Å². The molecule has 0 amide bonds. The number of carboxylic acids is 3. The third-order valence-corrected chi connectivity index (χ3v) is 4.49. The molecule has 0 atom stereocenters. The van der Waals surface area contributed by atoms with E-state index >= 15 is 0 Å². The van der Waals surface area contributed by atoms with Gasteiger partial charge in [0.2, 0.25) is 0 Å². The molecule has 160 valence electrons. The first-order valence-corrected chi connectivity index (χ1v) is 9.80. The maximum Gasteiger partial charge on any atom is 0.335 e. The molecule has 0 aliphatic heterocycles. The number of carbonyl (C=O) groups is 3. The topological polar surface area (TPSA) is 112 Å². The van der Waals surface area contributed by atoms with Crippen molar-refractivity contribution in [2.45, 2.75) is 46.5 Å². The van der Waals surface area contributed by atoms with Gasteiger partial charge in [0.05, 0.1) is 5.57 Å². The van der Waals surface area contributed by atoms with E-state index in [1.165, 1.54) is 13.0 Å². The molecule has 30 heavy (non-hydrogen) atoms. The minimum atomic E-state index is -1.26. The second-order valence-electron chi connectivity index (χ2n) is 6.77. The lowest BCUT2D eigenvalue weighted by atomic mass is 9.90. The third-order valence-electron chi connectivity index (χ3n) is 4.49. The molecular formula is C24H28O6. The Bertz CT molecular complexity index is 901. The van der Waals surface area contributed by atoms with E-state index in [9.17, 15) is 29.7 Å². The number of aliphatic carboxylic acids is 3. The van der Waals surface area contributed by atoms with Gasteiger partial charge in [0.25, 0.3) is 0 Å². The van der Waals surface area contributed by atoms with Crippen molar-refractivity contribution in [3.8, 4) is 0 Å². The number of allylic oxidation sites excluding steroid dienone is 3. The molecule has 0 aliphatic rings. The normalized spacial score (nSPS) is 13.6. The number of unbranched alkanes of at least 4 members (excludes halogenated alkanes) is 1. The summed E-state index contributed by atoms with van der Waals surface area (Å²) in [4.78, 5) is 34.9. The first-order valence-electron chi connectivity index (χ1n) is 9.80. The average molecular weight is 412 g/mol. The van der Waals surface area contributed by atoms with E-state index < -0.39 is 17.9 Å². The fourth-order valence-corrected chi connectivity index (χ4v) is 2.79. The molecule has 0 saturated heterocycles. The van der Waals surface area contributed by atoms with Crippen LogP contribution in [0.25, 0.3) is 6.08 Å². The zero-order chi connectivity index (χ0) is 22.7. The van der Waals surface area contributed by atoms with E-state index in [1.807, 2.05) is 37.3 Å². The van der Waals surface area contributed by atoms with Crippen molar-refractivity contribution in [3.05, 3.63) is 75.9 Å². The molecule has 1 rings (SSSR count). The van der Waals surface area contributed by atoms with Gasteiger partial charge in [-0.3, -0.25) is 0 Å². The second-order valence-corrected chi connectivity index (χ2v) is 6.77. The number of benzene rings is 1. The Labute approximate surface area is 176 Å². The average Bonchev–Trinajstić information content (AvgIpc) is 2.70. The molecule has 1 aromatic carbocycles. The quantitative estimate of drug-likeness (QED) is 0.345. The standard InChI is InChI=1S/C24H28O6/c1-4-6-12-20(21(24(29)30)13-16(3)22(25)26)19(15-18(5-2)23(27)28)14-17-10-8-7-9-11-17/h7-11,13-15H,4-6,12H2,1-3H3,(H,25,26)(H,27,28)(H,29,30). The summed E-state index contributed by atoms with van der Waals surface area (Å²) in [6.07, 6.45) is 6.43. The Morgan fingerprint density at radius 3 is 2.00 bits per heavy atom. The van der Waals surface area contributed by atoms with Crippen LogP contribution >= 0.6 is 0 Å². The highest BCUT2D eigenvalue weighted by atomic mass is 16.4. The first kappa shape index (κ1) is 24.6. The van der Waals surface area contributed by atoms with Gasteiger partial charge in [0.1, 0.15) is 0 Å². The maximum atomic E-state index is 12.0. The second kappa shape index (κ2) is 12.2. The van der Waals surface area contributed by atoms with Crippen LogP contribution in [0, 0.1) is 0 Å². The van der Waals surface area contributed by atoms with Crippen LogP contribution in [0.5, 0.6) is 0 Å². The highest BCUT2D eigenvalue weighted by Crippen LogP contribution is 2.28. The van der Waals surface area contributed by atoms with Gasteiger partial charge < -0.3 is 15.3 Å². The maximum absolute atomic E-state index is 12.0. The third kappa shape index (κ3) is 7.54. The molecular weight excluding hydrogens is 384 g/mol. The zero-order valence-corrected chi connectivity index (χ0v) is 17.5. The molecule has 0 fully saturated rings. The SMILES string of the molecule is CCCCC(C(=Cc1ccccc1)C=C(CC)C(=O)O)=C(C=C(C)C(=O)O)C(=O)O. The minimum absolute atomic E-state index is 0.113. The summed E-state index contributed by atoms with van der Waals surface area (Å²) < 4.78 is 0. The summed E-state index contributed by atoms with van der Waals surface area (Å²) in [5, 5.41) is 28.5. The lowest BCUT2D eigenvalue weighted by Gasteiger charge is -2.14. The summed E-state index contributed by atoms with van der Waals surface area (Å²) in [5.41, 5.74) is 1.50. The number of hydrogen-bond acceptors (Lipinski definition) is 3. The van der Waals surface area contributed by atoms with Gasteiger partial charge in [-0.1, -0.05) is 50.6 Å². The van der Waals surface area contributed by atoms with E-state index in [0.717, 1.165) is 18.1 Å². The molecule has 0 heterocycles. The Morgan fingerprint density at radius 1 is 0.900 bits per heavy atom. The number of hydrogen-bond donors (Lipinski definition) is 3. The van der Waals surface area contributed by atoms with E-state index in [2.05, 4.69) is 0 Å². The van der Waals surface area contributed by atoms with Crippen molar-refractivity contribution in [1.82, 2.24) is 0 Å². The summed E-state index contributed by atoms with van der Waals surface area (Å²) in [6, 6.07) is 9.16. The monoisotopic (exact) mass is 412 g/mol. The summed E-state index contributed by atoms with van der Waals surface area (Å²) >= 11 is 0. The van der Waals surface area contributed by atoms with Crippen LogP contribution in [0.3, 0.4) is 0 Å². The lowest BCUT2D eigenvalue weighted by molar-refractivity contribution is -0.133. The Balaban J connectivity index is 3.90. The molecule has 0 aliphatic carbocycles. The van der Waals surface area contributed by atoms with Crippen LogP contribution in [-0.4, -0.2) is 33.2 Å². The largest absolute Gasteiger partial charge is 0.478 e. The molecule has 0 unspecified atom stereocenters. The van der Waals surface area contributed by atoms with Crippen molar-refractivity contribution in [1.29, 1.82) is 0 Å². The molecule has 0 radical (unpaired) electrons. The van der Waals surface area contributed by atoms with E-state index in [4.69, 9.17) is 0 Å². The molecule has 0 aromatic heterocycles. The van der Waals surface area contributed by atoms with Gasteiger partial charge in [-0.05, 0) is 61.1 Å². The Morgan fingerprint density at radius 2 is 1.53 bits per heavy atom. The summed E-state index contributed by atoms with van der Waals surface area (Å²) in [6.45, 7) is 5.00. The predicted molar refractivity (Wildman–Crippen MR) is 116 cm³/mol. The molecule has 0 bridgehead atoms. The molecule has 6 heteroatoms. The van der Waals surface area contributed by atoms with Crippen molar-refractivity contribution in [2.75, 3.05) is 0 Å². The van der Waals surface area contributed by atoms with E-state index in [-0.39, 0.29) is 23.1 Å². The number of rotatable bonds is 11. The highest BCUT2D eigenvalue weighted by molar-refractivity contribution is 5.96. The van der Waals surface area contributed by atoms with Gasteiger partial charge in [-0.15, -0.1) is 0 Å². The molecule has 0 spiro atoms. The van der Waals surface area contributed by atoms with E-state index in [0.29, 0.717) is 24.0 Å².